The second-order valence-electron chi connectivity index (χ2n) is 10.3. The van der Waals surface area contributed by atoms with Crippen LogP contribution >= 0.6 is 0 Å². The van der Waals surface area contributed by atoms with Crippen LogP contribution in [0, 0.1) is 0 Å². The second-order valence-corrected chi connectivity index (χ2v) is 10.3. The third-order valence-corrected chi connectivity index (χ3v) is 7.19. The molecule has 5 heteroatoms. The van der Waals surface area contributed by atoms with Crippen molar-refractivity contribution in [1.82, 2.24) is 0 Å². The van der Waals surface area contributed by atoms with Crippen molar-refractivity contribution in [2.75, 3.05) is 6.58 Å². The first-order valence-corrected chi connectivity index (χ1v) is 14.5. The third kappa shape index (κ3) is 9.44. The van der Waals surface area contributed by atoms with Crippen LogP contribution in [-0.2, 0) is 20.9 Å². The quantitative estimate of drug-likeness (QED) is 0.0611. The molecule has 1 unspecified atom stereocenters. The van der Waals surface area contributed by atoms with Crippen molar-refractivity contribution in [2.45, 2.75) is 82.7 Å². The minimum absolute atomic E-state index is 0.0645. The Morgan fingerprint density at radius 1 is 0.950 bits per heavy atom. The van der Waals surface area contributed by atoms with Gasteiger partial charge < -0.3 is 19.7 Å². The molecular weight excluding hydrogens is 500 g/mol. The lowest BCUT2D eigenvalue weighted by atomic mass is 9.97. The lowest BCUT2D eigenvalue weighted by molar-refractivity contribution is -0.144. The maximum absolute atomic E-state index is 12.4. The molecule has 4 rings (SSSR count). The molecule has 0 aromatic heterocycles. The number of unbranched alkanes of at least 4 members (excludes halogenated alkanes) is 3. The van der Waals surface area contributed by atoms with Crippen molar-refractivity contribution in [1.29, 1.82) is 0 Å². The Hall–Kier alpha value is -3.25. The molecule has 1 aliphatic rings. The van der Waals surface area contributed by atoms with E-state index in [0.29, 0.717) is 25.7 Å². The SMILES string of the molecule is [3H]C(O)CCCC/C=C\C[C@@H]1O[C@H]1/C=C/[C@@H](O)C/C=C\CCCC(=O)OCc1c2ccccc2cc2ccccc12. The van der Waals surface area contributed by atoms with E-state index in [2.05, 4.69) is 42.5 Å². The summed E-state index contributed by atoms with van der Waals surface area (Å²) < 4.78 is 18.4. The van der Waals surface area contributed by atoms with Gasteiger partial charge >= 0.3 is 5.97 Å². The molecule has 1 saturated heterocycles. The first kappa shape index (κ1) is 28.3. The number of esters is 1. The van der Waals surface area contributed by atoms with Gasteiger partial charge in [0.15, 0.2) is 0 Å². The van der Waals surface area contributed by atoms with Crippen LogP contribution in [0.2, 0.25) is 0 Å². The number of allylic oxidation sites excluding steroid dienone is 2. The first-order chi connectivity index (χ1) is 20.0. The number of aliphatic hydroxyl groups is 2. The molecule has 0 spiro atoms. The first-order valence-electron chi connectivity index (χ1n) is 15.1. The number of fused-ring (bicyclic) bond motifs is 2. The monoisotopic (exact) mass is 544 g/mol. The minimum Gasteiger partial charge on any atom is -0.461 e. The molecule has 40 heavy (non-hydrogen) atoms. The Kier molecular flexibility index (Phi) is 11.4. The number of carbonyl (C=O) groups excluding carboxylic acids is 1. The van der Waals surface area contributed by atoms with E-state index < -0.39 is 12.7 Å². The zero-order chi connectivity index (χ0) is 28.9. The normalized spacial score (nSPS) is 19.1. The van der Waals surface area contributed by atoms with E-state index in [1.807, 2.05) is 42.5 Å². The summed E-state index contributed by atoms with van der Waals surface area (Å²) in [4.78, 5) is 12.4. The van der Waals surface area contributed by atoms with Crippen LogP contribution in [0.5, 0.6) is 0 Å². The largest absolute Gasteiger partial charge is 0.461 e. The highest BCUT2D eigenvalue weighted by molar-refractivity contribution is 6.02. The number of benzene rings is 3. The van der Waals surface area contributed by atoms with E-state index in [9.17, 15) is 9.90 Å². The average Bonchev–Trinajstić information content (AvgIpc) is 3.73. The van der Waals surface area contributed by atoms with Gasteiger partial charge in [-0.05, 0) is 72.6 Å². The van der Waals surface area contributed by atoms with Crippen LogP contribution in [0.1, 0.15) is 64.7 Å². The van der Waals surface area contributed by atoms with E-state index in [1.54, 1.807) is 6.08 Å². The molecule has 4 atom stereocenters. The number of aliphatic hydroxyl groups excluding tert-OH is 2. The predicted molar refractivity (Wildman–Crippen MR) is 162 cm³/mol. The van der Waals surface area contributed by atoms with Gasteiger partial charge in [-0.2, -0.15) is 0 Å². The summed E-state index contributed by atoms with van der Waals surface area (Å²) in [7, 11) is 0. The molecule has 212 valence electrons. The molecule has 1 heterocycles. The Bertz CT molecular complexity index is 1290. The van der Waals surface area contributed by atoms with Gasteiger partial charge in [-0.3, -0.25) is 4.79 Å². The van der Waals surface area contributed by atoms with Gasteiger partial charge in [-0.1, -0.05) is 91.4 Å². The molecule has 3 aromatic rings. The fraction of sp³-hybridized carbons (Fsp3) is 0.400. The highest BCUT2D eigenvalue weighted by Crippen LogP contribution is 2.29. The van der Waals surface area contributed by atoms with E-state index >= 15 is 0 Å². The zero-order valence-electron chi connectivity index (χ0n) is 24.2. The number of rotatable bonds is 17. The molecule has 0 amide bonds. The Balaban J connectivity index is 1.08. The molecule has 3 aromatic carbocycles. The number of hydrogen-bond acceptors (Lipinski definition) is 5. The van der Waals surface area contributed by atoms with Gasteiger partial charge in [0.1, 0.15) is 12.7 Å². The van der Waals surface area contributed by atoms with Crippen LogP contribution in [-0.4, -0.2) is 41.1 Å². The van der Waals surface area contributed by atoms with Crippen LogP contribution in [0.15, 0.2) is 91.1 Å². The Morgan fingerprint density at radius 2 is 1.65 bits per heavy atom. The molecule has 1 aliphatic heterocycles. The van der Waals surface area contributed by atoms with Gasteiger partial charge in [0, 0.05) is 18.6 Å². The van der Waals surface area contributed by atoms with Crippen molar-refractivity contribution < 1.29 is 25.9 Å². The van der Waals surface area contributed by atoms with Gasteiger partial charge in [-0.15, -0.1) is 0 Å². The highest BCUT2D eigenvalue weighted by atomic mass is 16.6. The highest BCUT2D eigenvalue weighted by Gasteiger charge is 2.34. The van der Waals surface area contributed by atoms with E-state index in [0.717, 1.165) is 59.2 Å². The fourth-order valence-corrected chi connectivity index (χ4v) is 4.88. The van der Waals surface area contributed by atoms with Crippen LogP contribution in [0.25, 0.3) is 21.5 Å². The van der Waals surface area contributed by atoms with Gasteiger partial charge in [0.25, 0.3) is 0 Å². The summed E-state index contributed by atoms with van der Waals surface area (Å²) in [5, 5.41) is 23.7. The fourth-order valence-electron chi connectivity index (χ4n) is 4.88. The summed E-state index contributed by atoms with van der Waals surface area (Å²) >= 11 is 0. The summed E-state index contributed by atoms with van der Waals surface area (Å²) in [6.45, 7) is -0.696. The molecular formula is C35H42O5. The maximum Gasteiger partial charge on any atom is 0.306 e. The molecule has 5 nitrogen and oxygen atoms in total. The molecule has 0 radical (unpaired) electrons. The van der Waals surface area contributed by atoms with Crippen LogP contribution < -0.4 is 0 Å². The van der Waals surface area contributed by atoms with E-state index in [1.165, 1.54) is 0 Å². The number of epoxide rings is 1. The topological polar surface area (TPSA) is 79.3 Å². The van der Waals surface area contributed by atoms with E-state index in [-0.39, 0.29) is 24.8 Å². The summed E-state index contributed by atoms with van der Waals surface area (Å²) in [5.74, 6) is -0.198. The lowest BCUT2D eigenvalue weighted by Crippen LogP contribution is -2.05. The predicted octanol–water partition coefficient (Wildman–Crippen LogP) is 7.34. The van der Waals surface area contributed by atoms with Crippen LogP contribution in [0.3, 0.4) is 0 Å². The van der Waals surface area contributed by atoms with Crippen molar-refractivity contribution in [3.63, 3.8) is 0 Å². The molecule has 2 N–H and O–H groups in total. The van der Waals surface area contributed by atoms with Crippen molar-refractivity contribution >= 4 is 27.5 Å². The molecule has 0 bridgehead atoms. The van der Waals surface area contributed by atoms with Gasteiger partial charge in [-0.25, -0.2) is 0 Å². The van der Waals surface area contributed by atoms with Crippen molar-refractivity contribution in [2.24, 2.45) is 0 Å². The van der Waals surface area contributed by atoms with E-state index in [4.69, 9.17) is 16.0 Å². The summed E-state index contributed by atoms with van der Waals surface area (Å²) in [6, 6.07) is 18.6. The minimum atomic E-state index is -0.956. The maximum atomic E-state index is 12.4. The van der Waals surface area contributed by atoms with Gasteiger partial charge in [0.2, 0.25) is 0 Å². The number of ether oxygens (including phenoxy) is 2. The molecule has 1 fully saturated rings. The summed E-state index contributed by atoms with van der Waals surface area (Å²) in [6.07, 6.45) is 18.2. The molecule has 0 saturated carbocycles. The Labute approximate surface area is 239 Å². The lowest BCUT2D eigenvalue weighted by Gasteiger charge is -2.12. The number of carbonyl (C=O) groups is 1. The van der Waals surface area contributed by atoms with Crippen molar-refractivity contribution in [3.05, 3.63) is 96.6 Å². The second kappa shape index (κ2) is 16.1. The number of hydrogen-bond donors (Lipinski definition) is 2. The third-order valence-electron chi connectivity index (χ3n) is 7.19. The molecule has 0 aliphatic carbocycles. The van der Waals surface area contributed by atoms with Crippen molar-refractivity contribution in [3.8, 4) is 0 Å². The standard InChI is InChI=1S/C35H42O5/c36-24-14-6-2-1-3-8-20-33-34(40-33)23-22-29(37)17-7-4-5-9-21-35(38)39-26-32-30-18-12-10-15-27(30)25-28-16-11-13-19-31(28)32/h3-4,7-8,10-13,15-16,18-19,22-23,25,29,33-34,36-37H,1-2,5-6,9,14,17,20-21,24,26H2/b7-4-,8-3-,23-22+/t29-,33-,34-/m0/s1/i24T/t24?,29-,33-,34-. The smallest absolute Gasteiger partial charge is 0.306 e. The van der Waals surface area contributed by atoms with Crippen LogP contribution in [0.4, 0.5) is 0 Å². The average molecular weight is 545 g/mol. The summed E-state index contributed by atoms with van der Waals surface area (Å²) in [5.41, 5.74) is 1.04. The Morgan fingerprint density at radius 3 is 2.40 bits per heavy atom. The zero-order valence-corrected chi connectivity index (χ0v) is 23.2. The van der Waals surface area contributed by atoms with Gasteiger partial charge in [0.05, 0.1) is 13.6 Å².